The van der Waals surface area contributed by atoms with Gasteiger partial charge in [0, 0.05) is 32.4 Å². The third-order valence-corrected chi connectivity index (χ3v) is 8.12. The number of carbonyl (C=O) groups is 1. The molecule has 0 radical (unpaired) electrons. The first kappa shape index (κ1) is 24.2. The van der Waals surface area contributed by atoms with E-state index in [0.29, 0.717) is 48.4 Å². The van der Waals surface area contributed by atoms with Crippen LogP contribution >= 0.6 is 11.8 Å². The summed E-state index contributed by atoms with van der Waals surface area (Å²) in [6.45, 7) is 2.33. The average molecular weight is 499 g/mol. The maximum absolute atomic E-state index is 12.8. The van der Waals surface area contributed by atoms with E-state index in [1.165, 1.54) is 22.3 Å². The van der Waals surface area contributed by atoms with Crippen LogP contribution in [0.4, 0.5) is 5.69 Å². The van der Waals surface area contributed by atoms with Crippen molar-refractivity contribution >= 4 is 33.4 Å². The van der Waals surface area contributed by atoms with Crippen LogP contribution in [-0.2, 0) is 14.8 Å². The Labute approximate surface area is 204 Å². The van der Waals surface area contributed by atoms with E-state index in [4.69, 9.17) is 4.74 Å². The van der Waals surface area contributed by atoms with Crippen LogP contribution in [0.15, 0.2) is 82.8 Å². The fourth-order valence-corrected chi connectivity index (χ4v) is 5.39. The van der Waals surface area contributed by atoms with Gasteiger partial charge < -0.3 is 15.0 Å². The second-order valence-corrected chi connectivity index (χ2v) is 10.7. The van der Waals surface area contributed by atoms with Crippen molar-refractivity contribution in [3.8, 4) is 11.5 Å². The number of rotatable bonds is 8. The Morgan fingerprint density at radius 1 is 1.00 bits per heavy atom. The first-order valence-electron chi connectivity index (χ1n) is 10.8. The number of piperazine rings is 1. The van der Waals surface area contributed by atoms with Crippen molar-refractivity contribution < 1.29 is 17.9 Å². The zero-order chi connectivity index (χ0) is 24.0. The minimum absolute atomic E-state index is 0.122. The largest absolute Gasteiger partial charge is 0.455 e. The summed E-state index contributed by atoms with van der Waals surface area (Å²) < 4.78 is 33.0. The number of likely N-dealkylation sites (N-methyl/N-ethyl adjacent to an activating group) is 1. The number of sulfonamides is 1. The zero-order valence-electron chi connectivity index (χ0n) is 18.8. The predicted octanol–water partition coefficient (Wildman–Crippen LogP) is 3.54. The summed E-state index contributed by atoms with van der Waals surface area (Å²) in [6.07, 6.45) is 1.36. The highest BCUT2D eigenvalue weighted by Crippen LogP contribution is 2.29. The van der Waals surface area contributed by atoms with Gasteiger partial charge in [0.15, 0.2) is 5.75 Å². The lowest BCUT2D eigenvalue weighted by molar-refractivity contribution is -0.113. The summed E-state index contributed by atoms with van der Waals surface area (Å²) in [4.78, 5) is 19.0. The number of para-hydroxylation sites is 3. The van der Waals surface area contributed by atoms with Gasteiger partial charge in [0.25, 0.3) is 0 Å². The number of nitrogens with zero attached hydrogens (tertiary/aromatic N) is 3. The molecule has 8 nitrogen and oxygen atoms in total. The highest BCUT2D eigenvalue weighted by molar-refractivity contribution is 7.99. The van der Waals surface area contributed by atoms with E-state index in [1.54, 1.807) is 24.3 Å². The molecule has 3 aromatic rings. The molecule has 4 rings (SSSR count). The number of hydrogen-bond donors (Lipinski definition) is 1. The molecule has 34 heavy (non-hydrogen) atoms. The van der Waals surface area contributed by atoms with Crippen molar-refractivity contribution in [2.45, 2.75) is 9.92 Å². The maximum atomic E-state index is 12.8. The predicted molar refractivity (Wildman–Crippen MR) is 133 cm³/mol. The van der Waals surface area contributed by atoms with Gasteiger partial charge in [-0.15, -0.1) is 0 Å². The number of anilines is 1. The number of thioether (sulfide) groups is 1. The fraction of sp³-hybridized carbons (Fsp3) is 0.250. The summed E-state index contributed by atoms with van der Waals surface area (Å²) in [7, 11) is -1.59. The summed E-state index contributed by atoms with van der Waals surface area (Å²) in [5.74, 6) is 1.13. The van der Waals surface area contributed by atoms with Crippen molar-refractivity contribution in [1.29, 1.82) is 0 Å². The van der Waals surface area contributed by atoms with Gasteiger partial charge in [0.05, 0.1) is 16.5 Å². The quantitative estimate of drug-likeness (QED) is 0.475. The first-order valence-corrected chi connectivity index (χ1v) is 13.2. The van der Waals surface area contributed by atoms with Crippen LogP contribution in [0.1, 0.15) is 0 Å². The maximum Gasteiger partial charge on any atom is 0.244 e. The Hall–Kier alpha value is -2.92. The van der Waals surface area contributed by atoms with Crippen molar-refractivity contribution in [3.63, 3.8) is 0 Å². The van der Waals surface area contributed by atoms with Crippen LogP contribution in [0.3, 0.4) is 0 Å². The van der Waals surface area contributed by atoms with Gasteiger partial charge in [0.2, 0.25) is 15.9 Å². The van der Waals surface area contributed by atoms with E-state index in [0.717, 1.165) is 0 Å². The Morgan fingerprint density at radius 3 is 2.41 bits per heavy atom. The fourth-order valence-electron chi connectivity index (χ4n) is 3.38. The molecule has 1 saturated heterocycles. The van der Waals surface area contributed by atoms with Gasteiger partial charge in [-0.25, -0.2) is 13.4 Å². The zero-order valence-corrected chi connectivity index (χ0v) is 20.4. The van der Waals surface area contributed by atoms with E-state index >= 15 is 0 Å². The number of hydrogen-bond acceptors (Lipinski definition) is 7. The molecule has 1 N–H and O–H groups in total. The Kier molecular flexibility index (Phi) is 7.84. The van der Waals surface area contributed by atoms with Crippen molar-refractivity contribution in [1.82, 2.24) is 14.2 Å². The van der Waals surface area contributed by atoms with Gasteiger partial charge in [0.1, 0.15) is 10.6 Å². The minimum atomic E-state index is -3.56. The lowest BCUT2D eigenvalue weighted by atomic mass is 10.3. The smallest absolute Gasteiger partial charge is 0.244 e. The first-order chi connectivity index (χ1) is 16.4. The number of ether oxygens (including phenoxy) is 1. The summed E-state index contributed by atoms with van der Waals surface area (Å²) in [5, 5.41) is 3.43. The number of aromatic nitrogens is 1. The van der Waals surface area contributed by atoms with E-state index in [9.17, 15) is 13.2 Å². The number of amides is 1. The molecule has 0 unspecified atom stereocenters. The minimum Gasteiger partial charge on any atom is -0.455 e. The van der Waals surface area contributed by atoms with Crippen LogP contribution in [0.2, 0.25) is 0 Å². The molecule has 0 saturated carbocycles. The van der Waals surface area contributed by atoms with E-state index in [-0.39, 0.29) is 16.6 Å². The second-order valence-electron chi connectivity index (χ2n) is 7.79. The number of benzene rings is 2. The monoisotopic (exact) mass is 498 g/mol. The molecule has 0 atom stereocenters. The molecule has 2 aromatic carbocycles. The van der Waals surface area contributed by atoms with Gasteiger partial charge in [-0.2, -0.15) is 4.31 Å². The van der Waals surface area contributed by atoms with Crippen molar-refractivity contribution in [2.75, 3.05) is 44.3 Å². The van der Waals surface area contributed by atoms with Gasteiger partial charge in [-0.05, 0) is 43.4 Å². The molecule has 1 aliphatic rings. The molecule has 1 fully saturated rings. The lowest BCUT2D eigenvalue weighted by Gasteiger charge is -2.31. The molecule has 178 valence electrons. The van der Waals surface area contributed by atoms with E-state index < -0.39 is 10.0 Å². The molecule has 1 aromatic heterocycles. The second kappa shape index (κ2) is 11.0. The molecule has 0 spiro atoms. The average Bonchev–Trinajstić information content (AvgIpc) is 2.85. The molecular weight excluding hydrogens is 472 g/mol. The van der Waals surface area contributed by atoms with Crippen LogP contribution in [-0.4, -0.2) is 67.5 Å². The molecular formula is C24H26N4O4S2. The molecule has 0 aliphatic carbocycles. The Morgan fingerprint density at radius 2 is 1.71 bits per heavy atom. The highest BCUT2D eigenvalue weighted by atomic mass is 32.2. The normalized spacial score (nSPS) is 15.1. The topological polar surface area (TPSA) is 91.8 Å². The third kappa shape index (κ3) is 6.15. The highest BCUT2D eigenvalue weighted by Gasteiger charge is 2.27. The molecule has 10 heteroatoms. The van der Waals surface area contributed by atoms with Gasteiger partial charge >= 0.3 is 0 Å². The molecule has 2 heterocycles. The third-order valence-electron chi connectivity index (χ3n) is 5.29. The summed E-state index contributed by atoms with van der Waals surface area (Å²) >= 11 is 1.23. The van der Waals surface area contributed by atoms with Gasteiger partial charge in [-0.3, -0.25) is 4.79 Å². The molecule has 1 amide bonds. The van der Waals surface area contributed by atoms with E-state index in [2.05, 4.69) is 15.2 Å². The summed E-state index contributed by atoms with van der Waals surface area (Å²) in [5.41, 5.74) is 0.568. The van der Waals surface area contributed by atoms with E-state index in [1.807, 2.05) is 49.5 Å². The number of pyridine rings is 1. The SMILES string of the molecule is CN1CCN(S(=O)(=O)c2ccc(SCC(=O)Nc3ccccc3Oc3ccccc3)nc2)CC1. The molecule has 0 bridgehead atoms. The Balaban J connectivity index is 1.33. The standard InChI is InChI=1S/C24H26N4O4S2/c1-27-13-15-28(16-14-27)34(30,31)20-11-12-24(25-17-20)33-18-23(29)26-21-9-5-6-10-22(21)32-19-7-3-2-4-8-19/h2-12,17H,13-16,18H2,1H3,(H,26,29). The number of nitrogens with one attached hydrogen (secondary N) is 1. The Bertz CT molecular complexity index is 1210. The summed E-state index contributed by atoms with van der Waals surface area (Å²) in [6, 6.07) is 19.7. The van der Waals surface area contributed by atoms with Crippen LogP contribution in [0, 0.1) is 0 Å². The van der Waals surface area contributed by atoms with Crippen LogP contribution < -0.4 is 10.1 Å². The number of carbonyl (C=O) groups excluding carboxylic acids is 1. The van der Waals surface area contributed by atoms with Crippen molar-refractivity contribution in [3.05, 3.63) is 72.9 Å². The lowest BCUT2D eigenvalue weighted by Crippen LogP contribution is -2.47. The van der Waals surface area contributed by atoms with Crippen LogP contribution in [0.25, 0.3) is 0 Å². The molecule has 1 aliphatic heterocycles. The van der Waals surface area contributed by atoms with Gasteiger partial charge in [-0.1, -0.05) is 42.1 Å². The van der Waals surface area contributed by atoms with Crippen LogP contribution in [0.5, 0.6) is 11.5 Å². The van der Waals surface area contributed by atoms with Crippen molar-refractivity contribution in [2.24, 2.45) is 0 Å².